The Morgan fingerprint density at radius 1 is 1.33 bits per heavy atom. The van der Waals surface area contributed by atoms with Gasteiger partial charge in [0.2, 0.25) is 5.91 Å². The second-order valence-corrected chi connectivity index (χ2v) is 4.03. The molecule has 0 unspecified atom stereocenters. The average molecular weight is 252 g/mol. The number of hydrogen-bond acceptors (Lipinski definition) is 4. The second-order valence-electron chi connectivity index (χ2n) is 4.03. The van der Waals surface area contributed by atoms with E-state index in [2.05, 4.69) is 5.43 Å². The van der Waals surface area contributed by atoms with Crippen molar-refractivity contribution in [2.45, 2.75) is 32.3 Å². The van der Waals surface area contributed by atoms with Gasteiger partial charge in [0.25, 0.3) is 0 Å². The van der Waals surface area contributed by atoms with Gasteiger partial charge in [0.1, 0.15) is 5.75 Å². The number of carbonyl (C=O) groups excluding carboxylic acids is 1. The van der Waals surface area contributed by atoms with E-state index < -0.39 is 0 Å². The number of nitrogens with two attached hydrogens (primary N) is 1. The molecule has 0 heterocycles. The van der Waals surface area contributed by atoms with Crippen molar-refractivity contribution >= 4 is 5.91 Å². The van der Waals surface area contributed by atoms with Gasteiger partial charge in [0.15, 0.2) is 0 Å². The van der Waals surface area contributed by atoms with Crippen LogP contribution in [-0.2, 0) is 11.4 Å². The Labute approximate surface area is 107 Å². The number of benzene rings is 1. The lowest BCUT2D eigenvalue weighted by Gasteiger charge is -2.07. The van der Waals surface area contributed by atoms with E-state index in [0.717, 1.165) is 30.6 Å². The Morgan fingerprint density at radius 2 is 2.17 bits per heavy atom. The fraction of sp³-hybridized carbons (Fsp3) is 0.462. The summed E-state index contributed by atoms with van der Waals surface area (Å²) in [6, 6.07) is 7.38. The Bertz CT molecular complexity index is 369. The van der Waals surface area contributed by atoms with Gasteiger partial charge in [-0.1, -0.05) is 12.1 Å². The van der Waals surface area contributed by atoms with Gasteiger partial charge in [-0.05, 0) is 37.0 Å². The molecule has 0 saturated carbocycles. The highest BCUT2D eigenvalue weighted by molar-refractivity contribution is 5.74. The lowest BCUT2D eigenvalue weighted by Crippen LogP contribution is -2.29. The van der Waals surface area contributed by atoms with Crippen molar-refractivity contribution < 1.29 is 14.6 Å². The maximum atomic E-state index is 10.8. The third-order valence-corrected chi connectivity index (χ3v) is 2.56. The van der Waals surface area contributed by atoms with Gasteiger partial charge in [0.05, 0.1) is 13.2 Å². The fourth-order valence-electron chi connectivity index (χ4n) is 1.56. The average Bonchev–Trinajstić information content (AvgIpc) is 2.42. The molecule has 1 amide bonds. The standard InChI is InChI=1S/C13H20N2O3/c14-15-13(17)7-2-1-3-8-18-12-6-4-5-11(9-12)10-16/h4-6,9,16H,1-3,7-8,10,14H2,(H,15,17). The number of hydrogen-bond donors (Lipinski definition) is 3. The van der Waals surface area contributed by atoms with Gasteiger partial charge in [-0.15, -0.1) is 0 Å². The Hall–Kier alpha value is -1.59. The number of aliphatic hydroxyl groups is 1. The van der Waals surface area contributed by atoms with Crippen LogP contribution in [-0.4, -0.2) is 17.6 Å². The number of amides is 1. The largest absolute Gasteiger partial charge is 0.494 e. The first-order valence-electron chi connectivity index (χ1n) is 6.08. The highest BCUT2D eigenvalue weighted by Gasteiger charge is 1.99. The van der Waals surface area contributed by atoms with Crippen molar-refractivity contribution in [2.75, 3.05) is 6.61 Å². The first-order chi connectivity index (χ1) is 8.76. The van der Waals surface area contributed by atoms with E-state index >= 15 is 0 Å². The minimum atomic E-state index is -0.133. The molecule has 1 aromatic rings. The molecule has 0 spiro atoms. The van der Waals surface area contributed by atoms with E-state index in [4.69, 9.17) is 15.7 Å². The molecule has 0 radical (unpaired) electrons. The molecule has 0 saturated heterocycles. The van der Waals surface area contributed by atoms with Gasteiger partial charge in [-0.25, -0.2) is 5.84 Å². The minimum absolute atomic E-state index is 0.0192. The monoisotopic (exact) mass is 252 g/mol. The van der Waals surface area contributed by atoms with Crippen molar-refractivity contribution in [3.05, 3.63) is 29.8 Å². The normalized spacial score (nSPS) is 10.1. The van der Waals surface area contributed by atoms with Gasteiger partial charge < -0.3 is 9.84 Å². The van der Waals surface area contributed by atoms with E-state index in [1.54, 1.807) is 0 Å². The van der Waals surface area contributed by atoms with Crippen LogP contribution in [0.5, 0.6) is 5.75 Å². The number of carbonyl (C=O) groups is 1. The molecule has 0 aromatic heterocycles. The third kappa shape index (κ3) is 5.65. The summed E-state index contributed by atoms with van der Waals surface area (Å²) in [6.07, 6.45) is 3.08. The van der Waals surface area contributed by atoms with Crippen LogP contribution in [0.4, 0.5) is 0 Å². The van der Waals surface area contributed by atoms with Crippen molar-refractivity contribution in [3.8, 4) is 5.75 Å². The topological polar surface area (TPSA) is 84.6 Å². The van der Waals surface area contributed by atoms with Crippen LogP contribution in [0, 0.1) is 0 Å². The van der Waals surface area contributed by atoms with Crippen LogP contribution in [0.15, 0.2) is 24.3 Å². The molecule has 0 aliphatic carbocycles. The number of unbranched alkanes of at least 4 members (excludes halogenated alkanes) is 2. The summed E-state index contributed by atoms with van der Waals surface area (Å²) in [5.74, 6) is 5.60. The highest BCUT2D eigenvalue weighted by atomic mass is 16.5. The van der Waals surface area contributed by atoms with Gasteiger partial charge >= 0.3 is 0 Å². The molecule has 1 rings (SSSR count). The molecular weight excluding hydrogens is 232 g/mol. The number of aliphatic hydroxyl groups excluding tert-OH is 1. The molecule has 0 aliphatic rings. The first-order valence-corrected chi connectivity index (χ1v) is 6.08. The second kappa shape index (κ2) is 8.49. The molecular formula is C13H20N2O3. The van der Waals surface area contributed by atoms with E-state index in [1.807, 2.05) is 24.3 Å². The van der Waals surface area contributed by atoms with Crippen LogP contribution in [0.3, 0.4) is 0 Å². The number of rotatable bonds is 8. The summed E-state index contributed by atoms with van der Waals surface area (Å²) in [6.45, 7) is 0.629. The quantitative estimate of drug-likeness (QED) is 0.280. The Balaban J connectivity index is 2.12. The number of nitrogens with one attached hydrogen (secondary N) is 1. The lowest BCUT2D eigenvalue weighted by molar-refractivity contribution is -0.121. The van der Waals surface area contributed by atoms with Gasteiger partial charge in [-0.2, -0.15) is 0 Å². The summed E-state index contributed by atoms with van der Waals surface area (Å²) in [4.78, 5) is 10.8. The third-order valence-electron chi connectivity index (χ3n) is 2.56. The van der Waals surface area contributed by atoms with Crippen LogP contribution in [0.2, 0.25) is 0 Å². The van der Waals surface area contributed by atoms with Crippen molar-refractivity contribution in [2.24, 2.45) is 5.84 Å². The summed E-state index contributed by atoms with van der Waals surface area (Å²) in [7, 11) is 0. The zero-order valence-corrected chi connectivity index (χ0v) is 10.4. The smallest absolute Gasteiger partial charge is 0.233 e. The maximum absolute atomic E-state index is 10.8. The summed E-state index contributed by atoms with van der Waals surface area (Å²) >= 11 is 0. The maximum Gasteiger partial charge on any atom is 0.233 e. The zero-order valence-electron chi connectivity index (χ0n) is 10.4. The van der Waals surface area contributed by atoms with Crippen molar-refractivity contribution in [1.29, 1.82) is 0 Å². The fourth-order valence-corrected chi connectivity index (χ4v) is 1.56. The van der Waals surface area contributed by atoms with Crippen molar-refractivity contribution in [3.63, 3.8) is 0 Å². The SMILES string of the molecule is NNC(=O)CCCCCOc1cccc(CO)c1. The Kier molecular flexibility index (Phi) is 6.83. The molecule has 18 heavy (non-hydrogen) atoms. The van der Waals surface area contributed by atoms with Gasteiger partial charge in [-0.3, -0.25) is 10.2 Å². The highest BCUT2D eigenvalue weighted by Crippen LogP contribution is 2.13. The van der Waals surface area contributed by atoms with Crippen LogP contribution < -0.4 is 16.0 Å². The molecule has 5 heteroatoms. The summed E-state index contributed by atoms with van der Waals surface area (Å²) in [5, 5.41) is 8.98. The first kappa shape index (κ1) is 14.5. The van der Waals surface area contributed by atoms with Crippen LogP contribution in [0.25, 0.3) is 0 Å². The van der Waals surface area contributed by atoms with Crippen LogP contribution >= 0.6 is 0 Å². The van der Waals surface area contributed by atoms with E-state index in [-0.39, 0.29) is 12.5 Å². The molecule has 0 bridgehead atoms. The molecule has 100 valence electrons. The van der Waals surface area contributed by atoms with E-state index in [0.29, 0.717) is 13.0 Å². The molecule has 0 atom stereocenters. The summed E-state index contributed by atoms with van der Waals surface area (Å²) in [5.41, 5.74) is 2.94. The predicted octanol–water partition coefficient (Wildman–Crippen LogP) is 1.11. The predicted molar refractivity (Wildman–Crippen MR) is 68.7 cm³/mol. The van der Waals surface area contributed by atoms with Crippen molar-refractivity contribution in [1.82, 2.24) is 5.43 Å². The summed E-state index contributed by atoms with van der Waals surface area (Å²) < 4.78 is 5.55. The van der Waals surface area contributed by atoms with Gasteiger partial charge in [0, 0.05) is 6.42 Å². The molecule has 5 nitrogen and oxygen atoms in total. The lowest BCUT2D eigenvalue weighted by atomic mass is 10.2. The Morgan fingerprint density at radius 3 is 2.89 bits per heavy atom. The van der Waals surface area contributed by atoms with E-state index in [9.17, 15) is 4.79 Å². The molecule has 4 N–H and O–H groups in total. The minimum Gasteiger partial charge on any atom is -0.494 e. The molecule has 0 aliphatic heterocycles. The molecule has 0 fully saturated rings. The number of hydrazine groups is 1. The van der Waals surface area contributed by atoms with E-state index in [1.165, 1.54) is 0 Å². The van der Waals surface area contributed by atoms with Crippen LogP contribution in [0.1, 0.15) is 31.2 Å². The molecule has 1 aromatic carbocycles. The zero-order chi connectivity index (χ0) is 13.2. The number of ether oxygens (including phenoxy) is 1.